The molecule has 0 amide bonds. The topological polar surface area (TPSA) is 55.3 Å². The van der Waals surface area contributed by atoms with Gasteiger partial charge in [-0.15, -0.1) is 0 Å². The second kappa shape index (κ2) is 4.26. The summed E-state index contributed by atoms with van der Waals surface area (Å²) in [5, 5.41) is 3.65. The number of anilines is 2. The maximum atomic E-state index is 5.49. The Bertz CT molecular complexity index is 461. The van der Waals surface area contributed by atoms with Gasteiger partial charge in [0.2, 0.25) is 0 Å². The minimum atomic E-state index is 0.423. The van der Waals surface area contributed by atoms with Crippen LogP contribution in [-0.2, 0) is 6.54 Å². The highest BCUT2D eigenvalue weighted by Crippen LogP contribution is 2.16. The Kier molecular flexibility index (Phi) is 2.81. The SMILES string of the molecule is Cc1ccc(N(C)Cc2cc(N)no2)cc1. The quantitative estimate of drug-likeness (QED) is 0.856. The zero-order valence-corrected chi connectivity index (χ0v) is 9.47. The minimum absolute atomic E-state index is 0.423. The van der Waals surface area contributed by atoms with Crippen LogP contribution in [0.25, 0.3) is 0 Å². The van der Waals surface area contributed by atoms with Gasteiger partial charge in [-0.25, -0.2) is 0 Å². The Hall–Kier alpha value is -1.97. The number of nitrogen functional groups attached to an aromatic ring is 1. The van der Waals surface area contributed by atoms with E-state index in [0.29, 0.717) is 12.4 Å². The van der Waals surface area contributed by atoms with Gasteiger partial charge in [0.25, 0.3) is 0 Å². The van der Waals surface area contributed by atoms with Gasteiger partial charge < -0.3 is 15.2 Å². The van der Waals surface area contributed by atoms with Gasteiger partial charge in [-0.3, -0.25) is 0 Å². The van der Waals surface area contributed by atoms with Crippen molar-refractivity contribution in [1.82, 2.24) is 5.16 Å². The van der Waals surface area contributed by atoms with Crippen LogP contribution in [0.5, 0.6) is 0 Å². The molecule has 4 nitrogen and oxygen atoms in total. The van der Waals surface area contributed by atoms with Crippen molar-refractivity contribution < 1.29 is 4.52 Å². The molecular weight excluding hydrogens is 202 g/mol. The maximum Gasteiger partial charge on any atom is 0.167 e. The van der Waals surface area contributed by atoms with Crippen LogP contribution in [0, 0.1) is 6.92 Å². The van der Waals surface area contributed by atoms with Gasteiger partial charge in [-0.05, 0) is 19.1 Å². The molecule has 0 saturated carbocycles. The third-order valence-electron chi connectivity index (χ3n) is 2.44. The van der Waals surface area contributed by atoms with Gasteiger partial charge in [-0.1, -0.05) is 22.9 Å². The van der Waals surface area contributed by atoms with Crippen molar-refractivity contribution in [3.05, 3.63) is 41.7 Å². The summed E-state index contributed by atoms with van der Waals surface area (Å²) in [6.45, 7) is 2.73. The van der Waals surface area contributed by atoms with Crippen molar-refractivity contribution in [3.63, 3.8) is 0 Å². The fraction of sp³-hybridized carbons (Fsp3) is 0.250. The molecule has 0 aliphatic rings. The molecule has 0 aliphatic heterocycles. The molecule has 0 saturated heterocycles. The van der Waals surface area contributed by atoms with Gasteiger partial charge in [0.1, 0.15) is 0 Å². The third kappa shape index (κ3) is 2.34. The summed E-state index contributed by atoms with van der Waals surface area (Å²) in [6, 6.07) is 10.1. The number of hydrogen-bond acceptors (Lipinski definition) is 4. The molecule has 0 fully saturated rings. The lowest BCUT2D eigenvalue weighted by Crippen LogP contribution is -2.15. The lowest BCUT2D eigenvalue weighted by molar-refractivity contribution is 0.385. The summed E-state index contributed by atoms with van der Waals surface area (Å²) in [4.78, 5) is 2.08. The van der Waals surface area contributed by atoms with E-state index in [0.717, 1.165) is 11.4 Å². The Morgan fingerprint density at radius 1 is 1.31 bits per heavy atom. The predicted molar refractivity (Wildman–Crippen MR) is 64.2 cm³/mol. The molecule has 1 aromatic carbocycles. The molecule has 0 spiro atoms. The van der Waals surface area contributed by atoms with E-state index in [4.69, 9.17) is 10.3 Å². The van der Waals surface area contributed by atoms with Gasteiger partial charge >= 0.3 is 0 Å². The maximum absolute atomic E-state index is 5.49. The fourth-order valence-corrected chi connectivity index (χ4v) is 1.53. The fourth-order valence-electron chi connectivity index (χ4n) is 1.53. The van der Waals surface area contributed by atoms with Gasteiger partial charge in [0, 0.05) is 18.8 Å². The standard InChI is InChI=1S/C12H15N3O/c1-9-3-5-10(6-4-9)15(2)8-11-7-12(13)14-16-11/h3-7H,8H2,1-2H3,(H2,13,14). The highest BCUT2D eigenvalue weighted by molar-refractivity contribution is 5.47. The van der Waals surface area contributed by atoms with Crippen LogP contribution in [0.1, 0.15) is 11.3 Å². The van der Waals surface area contributed by atoms with Crippen LogP contribution < -0.4 is 10.6 Å². The van der Waals surface area contributed by atoms with E-state index in [1.807, 2.05) is 7.05 Å². The third-order valence-corrected chi connectivity index (χ3v) is 2.44. The molecule has 1 heterocycles. The first kappa shape index (κ1) is 10.5. The Morgan fingerprint density at radius 3 is 2.56 bits per heavy atom. The molecule has 2 N–H and O–H groups in total. The second-order valence-corrected chi connectivity index (χ2v) is 3.91. The van der Waals surface area contributed by atoms with E-state index in [1.165, 1.54) is 5.56 Å². The first-order valence-corrected chi connectivity index (χ1v) is 5.14. The van der Waals surface area contributed by atoms with Crippen LogP contribution >= 0.6 is 0 Å². The largest absolute Gasteiger partial charge is 0.381 e. The molecule has 2 rings (SSSR count). The first-order chi connectivity index (χ1) is 7.65. The van der Waals surface area contributed by atoms with E-state index >= 15 is 0 Å². The van der Waals surface area contributed by atoms with Crippen molar-refractivity contribution >= 4 is 11.5 Å². The lowest BCUT2D eigenvalue weighted by Gasteiger charge is -2.17. The van der Waals surface area contributed by atoms with E-state index in [2.05, 4.69) is 41.2 Å². The summed E-state index contributed by atoms with van der Waals surface area (Å²) in [6.07, 6.45) is 0. The number of benzene rings is 1. The lowest BCUT2D eigenvalue weighted by atomic mass is 10.2. The summed E-state index contributed by atoms with van der Waals surface area (Å²) in [5.74, 6) is 1.19. The molecule has 84 valence electrons. The summed E-state index contributed by atoms with van der Waals surface area (Å²) < 4.78 is 5.06. The molecule has 16 heavy (non-hydrogen) atoms. The number of nitrogens with two attached hydrogens (primary N) is 1. The summed E-state index contributed by atoms with van der Waals surface area (Å²) in [7, 11) is 2.00. The van der Waals surface area contributed by atoms with Gasteiger partial charge in [0.05, 0.1) is 6.54 Å². The molecule has 2 aromatic rings. The number of rotatable bonds is 3. The average molecular weight is 217 g/mol. The van der Waals surface area contributed by atoms with Crippen molar-refractivity contribution in [1.29, 1.82) is 0 Å². The van der Waals surface area contributed by atoms with Crippen LogP contribution in [0.4, 0.5) is 11.5 Å². The predicted octanol–water partition coefficient (Wildman–Crippen LogP) is 2.20. The molecule has 0 aliphatic carbocycles. The molecule has 4 heteroatoms. The normalized spacial score (nSPS) is 10.4. The first-order valence-electron chi connectivity index (χ1n) is 5.14. The Morgan fingerprint density at radius 2 is 2.00 bits per heavy atom. The zero-order chi connectivity index (χ0) is 11.5. The van der Waals surface area contributed by atoms with Gasteiger partial charge in [0.15, 0.2) is 11.6 Å². The Balaban J connectivity index is 2.08. The van der Waals surface area contributed by atoms with Crippen molar-refractivity contribution in [3.8, 4) is 0 Å². The number of aromatic nitrogens is 1. The van der Waals surface area contributed by atoms with E-state index in [1.54, 1.807) is 6.07 Å². The van der Waals surface area contributed by atoms with Crippen LogP contribution in [0.3, 0.4) is 0 Å². The van der Waals surface area contributed by atoms with Crippen molar-refractivity contribution in [2.75, 3.05) is 17.7 Å². The highest BCUT2D eigenvalue weighted by atomic mass is 16.5. The van der Waals surface area contributed by atoms with Crippen LogP contribution in [0.15, 0.2) is 34.9 Å². The zero-order valence-electron chi connectivity index (χ0n) is 9.47. The molecular formula is C12H15N3O. The van der Waals surface area contributed by atoms with Crippen molar-refractivity contribution in [2.45, 2.75) is 13.5 Å². The van der Waals surface area contributed by atoms with Crippen molar-refractivity contribution in [2.24, 2.45) is 0 Å². The Labute approximate surface area is 94.6 Å². The molecule has 0 radical (unpaired) electrons. The smallest absolute Gasteiger partial charge is 0.167 e. The summed E-state index contributed by atoms with van der Waals surface area (Å²) >= 11 is 0. The van der Waals surface area contributed by atoms with E-state index in [9.17, 15) is 0 Å². The summed E-state index contributed by atoms with van der Waals surface area (Å²) in [5.41, 5.74) is 7.88. The van der Waals surface area contributed by atoms with Gasteiger partial charge in [-0.2, -0.15) is 0 Å². The molecule has 0 atom stereocenters. The number of nitrogens with zero attached hydrogens (tertiary/aromatic N) is 2. The minimum Gasteiger partial charge on any atom is -0.381 e. The van der Waals surface area contributed by atoms with Crippen LogP contribution in [-0.4, -0.2) is 12.2 Å². The van der Waals surface area contributed by atoms with E-state index < -0.39 is 0 Å². The average Bonchev–Trinajstić information content (AvgIpc) is 2.65. The molecule has 0 bridgehead atoms. The van der Waals surface area contributed by atoms with Crippen LogP contribution in [0.2, 0.25) is 0 Å². The number of hydrogen-bond donors (Lipinski definition) is 1. The monoisotopic (exact) mass is 217 g/mol. The second-order valence-electron chi connectivity index (χ2n) is 3.91. The number of aryl methyl sites for hydroxylation is 1. The van der Waals surface area contributed by atoms with E-state index in [-0.39, 0.29) is 0 Å². The molecule has 1 aromatic heterocycles. The molecule has 0 unspecified atom stereocenters. The highest BCUT2D eigenvalue weighted by Gasteiger charge is 2.06.